The lowest BCUT2D eigenvalue weighted by Gasteiger charge is -2.24. The summed E-state index contributed by atoms with van der Waals surface area (Å²) in [7, 11) is 0. The van der Waals surface area contributed by atoms with Gasteiger partial charge in [-0.25, -0.2) is 0 Å². The number of hydrogen-bond donors (Lipinski definition) is 0. The highest BCUT2D eigenvalue weighted by Crippen LogP contribution is 2.33. The first kappa shape index (κ1) is 15.3. The summed E-state index contributed by atoms with van der Waals surface area (Å²) < 4.78 is 0. The largest absolute Gasteiger partial charge is 0.0786 e. The second-order valence-electron chi connectivity index (χ2n) is 6.14. The summed E-state index contributed by atoms with van der Waals surface area (Å²) in [6, 6.07) is 17.7. The molecule has 2 rings (SSSR count). The van der Waals surface area contributed by atoms with Crippen LogP contribution in [0.25, 0.3) is 0 Å². The maximum absolute atomic E-state index is 3.82. The first-order valence-electron chi connectivity index (χ1n) is 7.25. The van der Waals surface area contributed by atoms with Crippen molar-refractivity contribution in [3.05, 3.63) is 70.8 Å². The van der Waals surface area contributed by atoms with E-state index in [1.54, 1.807) is 0 Å². The molecule has 1 heteroatoms. The van der Waals surface area contributed by atoms with Crippen LogP contribution in [0.2, 0.25) is 0 Å². The van der Waals surface area contributed by atoms with Crippen molar-refractivity contribution >= 4 is 15.9 Å². The SMILES string of the molecule is CCC(C)(C)c1ccc(C(Br)c2cccc(C)c2)cc1. The van der Waals surface area contributed by atoms with Crippen molar-refractivity contribution in [3.63, 3.8) is 0 Å². The molecule has 2 aromatic rings. The van der Waals surface area contributed by atoms with E-state index in [-0.39, 0.29) is 10.2 Å². The molecule has 0 amide bonds. The van der Waals surface area contributed by atoms with Crippen molar-refractivity contribution in [2.75, 3.05) is 0 Å². The maximum Gasteiger partial charge on any atom is 0.0644 e. The van der Waals surface area contributed by atoms with Gasteiger partial charge in [0.05, 0.1) is 4.83 Å². The molecule has 0 aromatic heterocycles. The van der Waals surface area contributed by atoms with Gasteiger partial charge >= 0.3 is 0 Å². The van der Waals surface area contributed by atoms with E-state index in [0.29, 0.717) is 0 Å². The van der Waals surface area contributed by atoms with Gasteiger partial charge in [0.1, 0.15) is 0 Å². The minimum atomic E-state index is 0.254. The highest BCUT2D eigenvalue weighted by Gasteiger charge is 2.18. The first-order valence-corrected chi connectivity index (χ1v) is 8.16. The van der Waals surface area contributed by atoms with Crippen LogP contribution in [0.1, 0.15) is 54.3 Å². The van der Waals surface area contributed by atoms with Gasteiger partial charge in [-0.15, -0.1) is 0 Å². The van der Waals surface area contributed by atoms with Crippen LogP contribution in [-0.2, 0) is 5.41 Å². The molecule has 1 unspecified atom stereocenters. The number of rotatable bonds is 4. The van der Waals surface area contributed by atoms with E-state index in [1.807, 2.05) is 0 Å². The molecule has 0 aliphatic carbocycles. The molecule has 0 bridgehead atoms. The summed E-state index contributed by atoms with van der Waals surface area (Å²) in [6.45, 7) is 8.98. The summed E-state index contributed by atoms with van der Waals surface area (Å²) in [5, 5.41) is 0. The van der Waals surface area contributed by atoms with Crippen LogP contribution in [0.15, 0.2) is 48.5 Å². The summed E-state index contributed by atoms with van der Waals surface area (Å²) in [6.07, 6.45) is 1.15. The zero-order chi connectivity index (χ0) is 14.8. The van der Waals surface area contributed by atoms with Gasteiger partial charge in [0.25, 0.3) is 0 Å². The van der Waals surface area contributed by atoms with Gasteiger partial charge in [0.2, 0.25) is 0 Å². The summed E-state index contributed by atoms with van der Waals surface area (Å²) in [5.74, 6) is 0. The molecular weight excluding hydrogens is 308 g/mol. The van der Waals surface area contributed by atoms with Crippen LogP contribution < -0.4 is 0 Å². The molecule has 0 N–H and O–H groups in total. The lowest BCUT2D eigenvalue weighted by molar-refractivity contribution is 0.506. The predicted molar refractivity (Wildman–Crippen MR) is 91.7 cm³/mol. The van der Waals surface area contributed by atoms with Gasteiger partial charge in [-0.2, -0.15) is 0 Å². The molecule has 1 atom stereocenters. The molecule has 106 valence electrons. The Balaban J connectivity index is 2.26. The quantitative estimate of drug-likeness (QED) is 0.588. The van der Waals surface area contributed by atoms with Crippen LogP contribution in [0.4, 0.5) is 0 Å². The van der Waals surface area contributed by atoms with Crippen molar-refractivity contribution in [2.24, 2.45) is 0 Å². The summed E-state index contributed by atoms with van der Waals surface area (Å²) in [4.78, 5) is 0.265. The molecule has 0 fully saturated rings. The monoisotopic (exact) mass is 330 g/mol. The molecule has 0 radical (unpaired) electrons. The maximum atomic E-state index is 3.82. The molecule has 0 aliphatic heterocycles. The van der Waals surface area contributed by atoms with E-state index in [1.165, 1.54) is 22.3 Å². The zero-order valence-corrected chi connectivity index (χ0v) is 14.4. The summed E-state index contributed by atoms with van der Waals surface area (Å²) in [5.41, 5.74) is 5.59. The molecular formula is C19H23Br. The van der Waals surface area contributed by atoms with Gasteiger partial charge in [-0.3, -0.25) is 0 Å². The Labute approximate surface area is 131 Å². The van der Waals surface area contributed by atoms with Gasteiger partial charge in [0, 0.05) is 0 Å². The van der Waals surface area contributed by atoms with Crippen LogP contribution in [-0.4, -0.2) is 0 Å². The van der Waals surface area contributed by atoms with Crippen molar-refractivity contribution in [3.8, 4) is 0 Å². The van der Waals surface area contributed by atoms with Crippen molar-refractivity contribution in [2.45, 2.75) is 44.4 Å². The molecule has 20 heavy (non-hydrogen) atoms. The number of benzene rings is 2. The Hall–Kier alpha value is -1.08. The third-order valence-corrected chi connectivity index (χ3v) is 5.26. The van der Waals surface area contributed by atoms with E-state index in [2.05, 4.69) is 92.2 Å². The van der Waals surface area contributed by atoms with Crippen LogP contribution in [0.5, 0.6) is 0 Å². The van der Waals surface area contributed by atoms with Gasteiger partial charge in [-0.05, 0) is 35.4 Å². The van der Waals surface area contributed by atoms with E-state index in [0.717, 1.165) is 6.42 Å². The highest BCUT2D eigenvalue weighted by molar-refractivity contribution is 9.09. The second-order valence-corrected chi connectivity index (χ2v) is 7.05. The second kappa shape index (κ2) is 6.13. The average molecular weight is 331 g/mol. The van der Waals surface area contributed by atoms with Gasteiger partial charge in [0.15, 0.2) is 0 Å². The third kappa shape index (κ3) is 3.32. The molecule has 0 nitrogen and oxygen atoms in total. The van der Waals surface area contributed by atoms with Crippen molar-refractivity contribution in [1.29, 1.82) is 0 Å². The fourth-order valence-corrected chi connectivity index (χ4v) is 2.92. The van der Waals surface area contributed by atoms with E-state index >= 15 is 0 Å². The molecule has 0 saturated heterocycles. The topological polar surface area (TPSA) is 0 Å². The van der Waals surface area contributed by atoms with Crippen molar-refractivity contribution in [1.82, 2.24) is 0 Å². The lowest BCUT2D eigenvalue weighted by atomic mass is 9.82. The molecule has 0 saturated carbocycles. The molecule has 0 aliphatic rings. The fourth-order valence-electron chi connectivity index (χ4n) is 2.33. The van der Waals surface area contributed by atoms with Gasteiger partial charge in [-0.1, -0.05) is 90.8 Å². The lowest BCUT2D eigenvalue weighted by Crippen LogP contribution is -2.15. The highest BCUT2D eigenvalue weighted by atomic mass is 79.9. The Kier molecular flexibility index (Phi) is 4.70. The van der Waals surface area contributed by atoms with E-state index in [9.17, 15) is 0 Å². The number of halogens is 1. The Morgan fingerprint density at radius 2 is 1.65 bits per heavy atom. The normalized spacial score (nSPS) is 13.2. The molecule has 0 heterocycles. The van der Waals surface area contributed by atoms with Crippen LogP contribution in [0.3, 0.4) is 0 Å². The van der Waals surface area contributed by atoms with Crippen LogP contribution >= 0.6 is 15.9 Å². The summed E-state index contributed by atoms with van der Waals surface area (Å²) >= 11 is 3.82. The Morgan fingerprint density at radius 1 is 1.00 bits per heavy atom. The van der Waals surface area contributed by atoms with Gasteiger partial charge < -0.3 is 0 Å². The standard InChI is InChI=1S/C19H23Br/c1-5-19(3,4)17-11-9-15(10-12-17)18(20)16-8-6-7-14(2)13-16/h6-13,18H,5H2,1-4H3. The predicted octanol–water partition coefficient (Wildman–Crippen LogP) is 6.17. The fraction of sp³-hybridized carbons (Fsp3) is 0.368. The van der Waals surface area contributed by atoms with E-state index < -0.39 is 0 Å². The Bertz CT molecular complexity index is 567. The number of alkyl halides is 1. The minimum Gasteiger partial charge on any atom is -0.0786 e. The minimum absolute atomic E-state index is 0.254. The smallest absolute Gasteiger partial charge is 0.0644 e. The average Bonchev–Trinajstić information content (AvgIpc) is 2.46. The zero-order valence-electron chi connectivity index (χ0n) is 12.8. The third-order valence-electron chi connectivity index (χ3n) is 4.20. The molecule has 0 spiro atoms. The van der Waals surface area contributed by atoms with Crippen molar-refractivity contribution < 1.29 is 0 Å². The number of aryl methyl sites for hydroxylation is 1. The Morgan fingerprint density at radius 3 is 2.20 bits per heavy atom. The molecule has 2 aromatic carbocycles. The number of hydrogen-bond acceptors (Lipinski definition) is 0. The van der Waals surface area contributed by atoms with E-state index in [4.69, 9.17) is 0 Å². The first-order chi connectivity index (χ1) is 9.44. The van der Waals surface area contributed by atoms with Crippen LogP contribution in [0, 0.1) is 6.92 Å².